The van der Waals surface area contributed by atoms with Crippen molar-refractivity contribution in [2.24, 2.45) is 0 Å². The highest BCUT2D eigenvalue weighted by Gasteiger charge is 2.14. The average molecular weight is 322 g/mol. The van der Waals surface area contributed by atoms with Gasteiger partial charge in [-0.25, -0.2) is 4.39 Å². The summed E-state index contributed by atoms with van der Waals surface area (Å²) in [6.07, 6.45) is 0. The maximum atomic E-state index is 13.6. The summed E-state index contributed by atoms with van der Waals surface area (Å²) < 4.78 is 13.6. The van der Waals surface area contributed by atoms with Gasteiger partial charge in [0.2, 0.25) is 0 Å². The van der Waals surface area contributed by atoms with E-state index in [0.29, 0.717) is 22.8 Å². The van der Waals surface area contributed by atoms with Crippen molar-refractivity contribution in [2.45, 2.75) is 13.5 Å². The SMILES string of the molecule is Cc1c(Cl)cccc1NC(=O)C[NH+](C)Cc1ccccc1F. The van der Waals surface area contributed by atoms with Crippen molar-refractivity contribution in [1.82, 2.24) is 0 Å². The second-order valence-electron chi connectivity index (χ2n) is 5.36. The van der Waals surface area contributed by atoms with E-state index in [0.717, 1.165) is 10.5 Å². The number of likely N-dealkylation sites (N-methyl/N-ethyl adjacent to an activating group) is 1. The van der Waals surface area contributed by atoms with Gasteiger partial charge in [-0.05, 0) is 30.7 Å². The van der Waals surface area contributed by atoms with Crippen LogP contribution in [0.4, 0.5) is 10.1 Å². The van der Waals surface area contributed by atoms with Crippen LogP contribution in [0.15, 0.2) is 42.5 Å². The summed E-state index contributed by atoms with van der Waals surface area (Å²) in [6, 6.07) is 12.0. The highest BCUT2D eigenvalue weighted by Crippen LogP contribution is 2.22. The third kappa shape index (κ3) is 4.29. The van der Waals surface area contributed by atoms with Crippen molar-refractivity contribution < 1.29 is 14.1 Å². The first-order valence-corrected chi connectivity index (χ1v) is 7.45. The van der Waals surface area contributed by atoms with Gasteiger partial charge >= 0.3 is 0 Å². The van der Waals surface area contributed by atoms with Crippen LogP contribution in [0, 0.1) is 12.7 Å². The minimum Gasteiger partial charge on any atom is -0.326 e. The van der Waals surface area contributed by atoms with Crippen LogP contribution in [0.5, 0.6) is 0 Å². The zero-order valence-electron chi connectivity index (χ0n) is 12.6. The Morgan fingerprint density at radius 3 is 2.68 bits per heavy atom. The number of benzene rings is 2. The molecule has 0 heterocycles. The van der Waals surface area contributed by atoms with Gasteiger partial charge in [0.05, 0.1) is 7.05 Å². The van der Waals surface area contributed by atoms with Gasteiger partial charge in [0.1, 0.15) is 12.4 Å². The van der Waals surface area contributed by atoms with E-state index in [2.05, 4.69) is 5.32 Å². The van der Waals surface area contributed by atoms with Crippen LogP contribution in [0.3, 0.4) is 0 Å². The minimum atomic E-state index is -0.243. The van der Waals surface area contributed by atoms with E-state index in [1.54, 1.807) is 30.3 Å². The van der Waals surface area contributed by atoms with Gasteiger partial charge in [-0.2, -0.15) is 0 Å². The van der Waals surface area contributed by atoms with Crippen molar-refractivity contribution in [3.8, 4) is 0 Å². The van der Waals surface area contributed by atoms with E-state index in [1.165, 1.54) is 6.07 Å². The van der Waals surface area contributed by atoms with E-state index < -0.39 is 0 Å². The lowest BCUT2D eigenvalue weighted by atomic mass is 10.2. The summed E-state index contributed by atoms with van der Waals surface area (Å²) >= 11 is 6.03. The fraction of sp³-hybridized carbons (Fsp3) is 0.235. The molecule has 0 aliphatic rings. The fourth-order valence-corrected chi connectivity index (χ4v) is 2.42. The molecule has 2 rings (SSSR count). The van der Waals surface area contributed by atoms with Crippen LogP contribution >= 0.6 is 11.6 Å². The Morgan fingerprint density at radius 2 is 1.95 bits per heavy atom. The first-order valence-electron chi connectivity index (χ1n) is 7.07. The van der Waals surface area contributed by atoms with Crippen LogP contribution in [0.25, 0.3) is 0 Å². The first kappa shape index (κ1) is 16.5. The lowest BCUT2D eigenvalue weighted by Crippen LogP contribution is -3.08. The Morgan fingerprint density at radius 1 is 1.23 bits per heavy atom. The number of carbonyl (C=O) groups is 1. The molecule has 2 N–H and O–H groups in total. The summed E-state index contributed by atoms with van der Waals surface area (Å²) in [6.45, 7) is 2.56. The standard InChI is InChI=1S/C17H18ClFN2O/c1-12-14(18)7-5-9-16(12)20-17(22)11-21(2)10-13-6-3-4-8-15(13)19/h3-9H,10-11H2,1-2H3,(H,20,22)/p+1. The van der Waals surface area contributed by atoms with Gasteiger partial charge in [-0.3, -0.25) is 4.79 Å². The highest BCUT2D eigenvalue weighted by atomic mass is 35.5. The number of amides is 1. The Kier molecular flexibility index (Phi) is 5.52. The van der Waals surface area contributed by atoms with Crippen molar-refractivity contribution in [3.63, 3.8) is 0 Å². The van der Waals surface area contributed by atoms with Gasteiger partial charge in [0.25, 0.3) is 5.91 Å². The van der Waals surface area contributed by atoms with Crippen molar-refractivity contribution >= 4 is 23.2 Å². The van der Waals surface area contributed by atoms with Crippen LogP contribution in [0.1, 0.15) is 11.1 Å². The zero-order chi connectivity index (χ0) is 16.1. The molecule has 3 nitrogen and oxygen atoms in total. The predicted octanol–water partition coefficient (Wildman–Crippen LogP) is 2.44. The predicted molar refractivity (Wildman–Crippen MR) is 86.7 cm³/mol. The monoisotopic (exact) mass is 321 g/mol. The molecule has 22 heavy (non-hydrogen) atoms. The normalized spacial score (nSPS) is 12.0. The van der Waals surface area contributed by atoms with E-state index in [4.69, 9.17) is 11.6 Å². The van der Waals surface area contributed by atoms with Crippen molar-refractivity contribution in [2.75, 3.05) is 18.9 Å². The van der Waals surface area contributed by atoms with E-state index in [1.807, 2.05) is 20.0 Å². The van der Waals surface area contributed by atoms with Crippen LogP contribution < -0.4 is 10.2 Å². The molecule has 0 saturated carbocycles. The third-order valence-electron chi connectivity index (χ3n) is 3.45. The van der Waals surface area contributed by atoms with Crippen molar-refractivity contribution in [3.05, 3.63) is 64.4 Å². The second-order valence-corrected chi connectivity index (χ2v) is 5.77. The molecule has 2 aromatic rings. The second kappa shape index (κ2) is 7.38. The van der Waals surface area contributed by atoms with Gasteiger partial charge in [-0.1, -0.05) is 35.9 Å². The summed E-state index contributed by atoms with van der Waals surface area (Å²) in [5.74, 6) is -0.368. The molecule has 0 fully saturated rings. The number of carbonyl (C=O) groups excluding carboxylic acids is 1. The van der Waals surface area contributed by atoms with E-state index in [-0.39, 0.29) is 18.3 Å². The molecule has 2 aromatic carbocycles. The molecule has 1 atom stereocenters. The summed E-state index contributed by atoms with van der Waals surface area (Å²) in [4.78, 5) is 13.0. The topological polar surface area (TPSA) is 33.5 Å². The zero-order valence-corrected chi connectivity index (χ0v) is 13.4. The van der Waals surface area contributed by atoms with Crippen LogP contribution in [0.2, 0.25) is 5.02 Å². The summed E-state index contributed by atoms with van der Waals surface area (Å²) in [5.41, 5.74) is 2.15. The maximum Gasteiger partial charge on any atom is 0.279 e. The Balaban J connectivity index is 1.94. The number of halogens is 2. The number of anilines is 1. The van der Waals surface area contributed by atoms with Gasteiger partial charge < -0.3 is 10.2 Å². The van der Waals surface area contributed by atoms with Gasteiger partial charge in [0, 0.05) is 16.3 Å². The molecule has 0 radical (unpaired) electrons. The van der Waals surface area contributed by atoms with Gasteiger partial charge in [0.15, 0.2) is 6.54 Å². The molecule has 1 amide bonds. The Labute approximate surface area is 134 Å². The van der Waals surface area contributed by atoms with E-state index in [9.17, 15) is 9.18 Å². The first-order chi connectivity index (χ1) is 10.5. The number of quaternary nitrogens is 1. The molecule has 0 aliphatic carbocycles. The third-order valence-corrected chi connectivity index (χ3v) is 3.86. The van der Waals surface area contributed by atoms with Crippen LogP contribution in [-0.2, 0) is 11.3 Å². The summed E-state index contributed by atoms with van der Waals surface area (Å²) in [7, 11) is 1.86. The highest BCUT2D eigenvalue weighted by molar-refractivity contribution is 6.31. The maximum absolute atomic E-state index is 13.6. The molecular weight excluding hydrogens is 303 g/mol. The van der Waals surface area contributed by atoms with Gasteiger partial charge in [-0.15, -0.1) is 0 Å². The van der Waals surface area contributed by atoms with Crippen LogP contribution in [-0.4, -0.2) is 19.5 Å². The molecule has 0 bridgehead atoms. The molecule has 0 aliphatic heterocycles. The quantitative estimate of drug-likeness (QED) is 0.871. The number of rotatable bonds is 5. The lowest BCUT2D eigenvalue weighted by molar-refractivity contribution is -0.885. The fourth-order valence-electron chi connectivity index (χ4n) is 2.24. The molecule has 0 saturated heterocycles. The molecule has 0 aromatic heterocycles. The molecule has 116 valence electrons. The molecule has 1 unspecified atom stereocenters. The number of hydrogen-bond donors (Lipinski definition) is 2. The molecule has 0 spiro atoms. The number of hydrogen-bond acceptors (Lipinski definition) is 1. The minimum absolute atomic E-state index is 0.126. The average Bonchev–Trinajstić information content (AvgIpc) is 2.46. The summed E-state index contributed by atoms with van der Waals surface area (Å²) in [5, 5.41) is 3.46. The largest absolute Gasteiger partial charge is 0.326 e. The van der Waals surface area contributed by atoms with Crippen molar-refractivity contribution in [1.29, 1.82) is 0 Å². The lowest BCUT2D eigenvalue weighted by Gasteiger charge is -2.15. The molecule has 5 heteroatoms. The Bertz CT molecular complexity index is 675. The number of nitrogens with one attached hydrogen (secondary N) is 2. The molecular formula is C17H19ClFN2O+. The van der Waals surface area contributed by atoms with E-state index >= 15 is 0 Å². The smallest absolute Gasteiger partial charge is 0.279 e. The Hall–Kier alpha value is -1.91.